The lowest BCUT2D eigenvalue weighted by atomic mass is 10.1. The van der Waals surface area contributed by atoms with E-state index in [1.165, 1.54) is 54.6 Å². The minimum atomic E-state index is -0.781. The van der Waals surface area contributed by atoms with Gasteiger partial charge in [0.05, 0.1) is 23.0 Å². The van der Waals surface area contributed by atoms with Gasteiger partial charge in [-0.1, -0.05) is 35.9 Å². The van der Waals surface area contributed by atoms with E-state index in [4.69, 9.17) is 16.3 Å². The van der Waals surface area contributed by atoms with Gasteiger partial charge >= 0.3 is 5.97 Å². The minimum Gasteiger partial charge on any atom is -0.459 e. The molecule has 1 heterocycles. The summed E-state index contributed by atoms with van der Waals surface area (Å²) >= 11 is 6.21. The average molecular weight is 522 g/mol. The maximum absolute atomic E-state index is 13.9. The van der Waals surface area contributed by atoms with Crippen molar-refractivity contribution < 1.29 is 28.3 Å². The maximum atomic E-state index is 13.9. The van der Waals surface area contributed by atoms with Crippen molar-refractivity contribution in [2.45, 2.75) is 20.0 Å². The van der Waals surface area contributed by atoms with Crippen LogP contribution >= 0.6 is 11.6 Å². The lowest BCUT2D eigenvalue weighted by Gasteiger charge is -2.16. The predicted octanol–water partition coefficient (Wildman–Crippen LogP) is 5.08. The van der Waals surface area contributed by atoms with Gasteiger partial charge in [-0.05, 0) is 62.4 Å². The lowest BCUT2D eigenvalue weighted by Crippen LogP contribution is -2.32. The highest BCUT2D eigenvalue weighted by Crippen LogP contribution is 2.31. The number of imide groups is 1. The van der Waals surface area contributed by atoms with Crippen LogP contribution in [0.2, 0.25) is 0 Å². The molecule has 0 saturated heterocycles. The van der Waals surface area contributed by atoms with Crippen LogP contribution in [-0.2, 0) is 14.3 Å². The first kappa shape index (κ1) is 25.6. The first-order valence-corrected chi connectivity index (χ1v) is 11.6. The molecule has 188 valence electrons. The van der Waals surface area contributed by atoms with E-state index in [-0.39, 0.29) is 39.3 Å². The number of esters is 1. The molecule has 1 aliphatic heterocycles. The number of carbonyl (C=O) groups is 4. The van der Waals surface area contributed by atoms with Crippen molar-refractivity contribution in [3.05, 3.63) is 100 Å². The number of ether oxygens (including phenoxy) is 1. The van der Waals surface area contributed by atoms with Gasteiger partial charge in [-0.3, -0.25) is 14.4 Å². The SMILES string of the molecule is CC(C)OC(=O)c1cccc(N2C(=O)C(Cl)=C(Nc3cccc(C(=O)Nc4ccccc4F)c3)C2=O)c1. The van der Waals surface area contributed by atoms with Gasteiger partial charge in [0.2, 0.25) is 0 Å². The van der Waals surface area contributed by atoms with Crippen molar-refractivity contribution in [1.82, 2.24) is 0 Å². The Hall–Kier alpha value is -4.50. The van der Waals surface area contributed by atoms with E-state index < -0.39 is 29.5 Å². The minimum absolute atomic E-state index is 0.0170. The van der Waals surface area contributed by atoms with E-state index in [0.717, 1.165) is 4.90 Å². The van der Waals surface area contributed by atoms with Crippen LogP contribution in [0.4, 0.5) is 21.5 Å². The molecule has 0 unspecified atom stereocenters. The Morgan fingerprint density at radius 3 is 2.35 bits per heavy atom. The van der Waals surface area contributed by atoms with E-state index in [1.807, 2.05) is 0 Å². The number of hydrogen-bond acceptors (Lipinski definition) is 6. The Morgan fingerprint density at radius 1 is 0.919 bits per heavy atom. The zero-order valence-electron chi connectivity index (χ0n) is 19.7. The Kier molecular flexibility index (Phi) is 7.35. The largest absolute Gasteiger partial charge is 0.459 e. The van der Waals surface area contributed by atoms with Crippen LogP contribution in [-0.4, -0.2) is 29.8 Å². The van der Waals surface area contributed by atoms with Gasteiger partial charge < -0.3 is 15.4 Å². The summed E-state index contributed by atoms with van der Waals surface area (Å²) in [6.45, 7) is 3.41. The van der Waals surface area contributed by atoms with Crippen LogP contribution in [0.1, 0.15) is 34.6 Å². The van der Waals surface area contributed by atoms with E-state index in [0.29, 0.717) is 5.69 Å². The second-order valence-electron chi connectivity index (χ2n) is 8.28. The second kappa shape index (κ2) is 10.6. The number of carbonyl (C=O) groups excluding carboxylic acids is 4. The van der Waals surface area contributed by atoms with Crippen molar-refractivity contribution >= 4 is 52.4 Å². The molecule has 3 aromatic carbocycles. The summed E-state index contributed by atoms with van der Waals surface area (Å²) in [5.41, 5.74) is 0.595. The van der Waals surface area contributed by atoms with Crippen molar-refractivity contribution in [2.24, 2.45) is 0 Å². The topological polar surface area (TPSA) is 105 Å². The zero-order chi connectivity index (χ0) is 26.7. The number of nitrogens with one attached hydrogen (secondary N) is 2. The number of hydrogen-bond donors (Lipinski definition) is 2. The van der Waals surface area contributed by atoms with E-state index >= 15 is 0 Å². The Labute approximate surface area is 216 Å². The molecular formula is C27H21ClFN3O5. The van der Waals surface area contributed by atoms with Gasteiger partial charge in [-0.2, -0.15) is 0 Å². The van der Waals surface area contributed by atoms with Gasteiger partial charge in [0.25, 0.3) is 17.7 Å². The van der Waals surface area contributed by atoms with Crippen LogP contribution in [0.15, 0.2) is 83.5 Å². The predicted molar refractivity (Wildman–Crippen MR) is 137 cm³/mol. The number of para-hydroxylation sites is 1. The third-order valence-electron chi connectivity index (χ3n) is 5.23. The molecule has 4 rings (SSSR count). The van der Waals surface area contributed by atoms with Crippen LogP contribution in [0, 0.1) is 5.82 Å². The number of nitrogens with zero attached hydrogens (tertiary/aromatic N) is 1. The maximum Gasteiger partial charge on any atom is 0.338 e. The number of rotatable bonds is 7. The molecule has 0 aliphatic carbocycles. The Morgan fingerprint density at radius 2 is 1.62 bits per heavy atom. The lowest BCUT2D eigenvalue weighted by molar-refractivity contribution is -0.120. The smallest absolute Gasteiger partial charge is 0.338 e. The molecule has 0 radical (unpaired) electrons. The van der Waals surface area contributed by atoms with Crippen molar-refractivity contribution in [3.63, 3.8) is 0 Å². The molecule has 37 heavy (non-hydrogen) atoms. The Balaban J connectivity index is 1.54. The summed E-state index contributed by atoms with van der Waals surface area (Å²) in [4.78, 5) is 51.7. The molecule has 8 nitrogen and oxygen atoms in total. The molecular weight excluding hydrogens is 501 g/mol. The normalized spacial score (nSPS) is 13.3. The summed E-state index contributed by atoms with van der Waals surface area (Å²) in [7, 11) is 0. The number of benzene rings is 3. The fourth-order valence-corrected chi connectivity index (χ4v) is 3.75. The summed E-state index contributed by atoms with van der Waals surface area (Å²) in [5, 5.41) is 4.91. The van der Waals surface area contributed by atoms with Crippen molar-refractivity contribution in [1.29, 1.82) is 0 Å². The molecule has 3 aromatic rings. The summed E-state index contributed by atoms with van der Waals surface area (Å²) < 4.78 is 19.1. The Bertz CT molecular complexity index is 1450. The monoisotopic (exact) mass is 521 g/mol. The van der Waals surface area contributed by atoms with Crippen LogP contribution in [0.3, 0.4) is 0 Å². The third kappa shape index (κ3) is 5.52. The van der Waals surface area contributed by atoms with E-state index in [2.05, 4.69) is 10.6 Å². The molecule has 10 heteroatoms. The van der Waals surface area contributed by atoms with Gasteiger partial charge in [-0.15, -0.1) is 0 Å². The first-order valence-electron chi connectivity index (χ1n) is 11.2. The quantitative estimate of drug-likeness (QED) is 0.332. The van der Waals surface area contributed by atoms with Gasteiger partial charge in [0.15, 0.2) is 0 Å². The molecule has 0 aromatic heterocycles. The van der Waals surface area contributed by atoms with E-state index in [1.54, 1.807) is 32.0 Å². The highest BCUT2D eigenvalue weighted by molar-refractivity contribution is 6.53. The molecule has 2 N–H and O–H groups in total. The van der Waals surface area contributed by atoms with E-state index in [9.17, 15) is 23.6 Å². The molecule has 0 fully saturated rings. The van der Waals surface area contributed by atoms with Crippen molar-refractivity contribution in [2.75, 3.05) is 15.5 Å². The summed E-state index contributed by atoms with van der Waals surface area (Å²) in [5.74, 6) is -3.28. The van der Waals surface area contributed by atoms with Crippen LogP contribution in [0.5, 0.6) is 0 Å². The molecule has 0 spiro atoms. The standard InChI is InChI=1S/C27H21ClFN3O5/c1-15(2)37-27(36)17-8-6-10-19(14-17)32-25(34)22(28)23(26(32)35)30-18-9-5-7-16(13-18)24(33)31-21-12-4-3-11-20(21)29/h3-15,30H,1-2H3,(H,31,33). The highest BCUT2D eigenvalue weighted by Gasteiger charge is 2.39. The van der Waals surface area contributed by atoms with Gasteiger partial charge in [0, 0.05) is 11.3 Å². The zero-order valence-corrected chi connectivity index (χ0v) is 20.5. The number of anilines is 3. The molecule has 3 amide bonds. The fourth-order valence-electron chi connectivity index (χ4n) is 3.54. The van der Waals surface area contributed by atoms with Crippen molar-refractivity contribution in [3.8, 4) is 0 Å². The summed E-state index contributed by atoms with van der Waals surface area (Å²) in [6, 6.07) is 17.7. The molecule has 1 aliphatic rings. The van der Waals surface area contributed by atoms with Crippen LogP contribution < -0.4 is 15.5 Å². The highest BCUT2D eigenvalue weighted by atomic mass is 35.5. The molecule has 0 bridgehead atoms. The fraction of sp³-hybridized carbons (Fsp3) is 0.111. The number of halogens is 2. The van der Waals surface area contributed by atoms with Gasteiger partial charge in [0.1, 0.15) is 16.5 Å². The molecule has 0 atom stereocenters. The van der Waals surface area contributed by atoms with Crippen LogP contribution in [0.25, 0.3) is 0 Å². The van der Waals surface area contributed by atoms with Gasteiger partial charge in [-0.25, -0.2) is 14.1 Å². The second-order valence-corrected chi connectivity index (χ2v) is 8.66. The number of amides is 3. The third-order valence-corrected chi connectivity index (χ3v) is 5.58. The molecule has 0 saturated carbocycles. The average Bonchev–Trinajstić information content (AvgIpc) is 3.08. The first-order chi connectivity index (χ1) is 17.7. The summed E-state index contributed by atoms with van der Waals surface area (Å²) in [6.07, 6.45) is -0.345.